The van der Waals surface area contributed by atoms with E-state index in [0.29, 0.717) is 19.2 Å². The summed E-state index contributed by atoms with van der Waals surface area (Å²) in [5.41, 5.74) is 2.73. The van der Waals surface area contributed by atoms with E-state index in [4.69, 9.17) is 4.74 Å². The molecule has 1 aromatic carbocycles. The third kappa shape index (κ3) is 3.10. The van der Waals surface area contributed by atoms with E-state index in [9.17, 15) is 4.79 Å². The second kappa shape index (κ2) is 6.67. The van der Waals surface area contributed by atoms with Gasteiger partial charge in [0.05, 0.1) is 12.6 Å². The lowest BCUT2D eigenvalue weighted by molar-refractivity contribution is 0.116. The quantitative estimate of drug-likeness (QED) is 0.828. The minimum absolute atomic E-state index is 0.178. The van der Waals surface area contributed by atoms with Crippen molar-refractivity contribution < 1.29 is 9.53 Å². The van der Waals surface area contributed by atoms with Crippen molar-refractivity contribution in [3.8, 4) is 0 Å². The predicted octanol–water partition coefficient (Wildman–Crippen LogP) is 1.56. The van der Waals surface area contributed by atoms with Crippen molar-refractivity contribution in [3.05, 3.63) is 35.4 Å². The molecule has 2 saturated heterocycles. The molecule has 0 radical (unpaired) electrons. The molecule has 2 aliphatic rings. The Morgan fingerprint density at radius 3 is 2.82 bits per heavy atom. The molecule has 2 amide bonds. The summed E-state index contributed by atoms with van der Waals surface area (Å²) in [4.78, 5) is 18.8. The fourth-order valence-corrected chi connectivity index (χ4v) is 3.40. The van der Waals surface area contributed by atoms with Crippen LogP contribution in [0.2, 0.25) is 0 Å². The molecule has 22 heavy (non-hydrogen) atoms. The lowest BCUT2D eigenvalue weighted by atomic mass is 10.1. The maximum absolute atomic E-state index is 12.3. The summed E-state index contributed by atoms with van der Waals surface area (Å²) in [6.07, 6.45) is 0. The minimum Gasteiger partial charge on any atom is -0.383 e. The van der Waals surface area contributed by atoms with Crippen molar-refractivity contribution >= 4 is 6.03 Å². The molecular weight excluding hydrogens is 278 g/mol. The van der Waals surface area contributed by atoms with Gasteiger partial charge in [0, 0.05) is 46.4 Å². The average molecular weight is 303 g/mol. The highest BCUT2D eigenvalue weighted by molar-refractivity contribution is 5.77. The third-order valence-electron chi connectivity index (χ3n) is 4.73. The number of urea groups is 1. The molecule has 0 spiro atoms. The van der Waals surface area contributed by atoms with Gasteiger partial charge in [-0.3, -0.25) is 4.90 Å². The Morgan fingerprint density at radius 2 is 2.05 bits per heavy atom. The van der Waals surface area contributed by atoms with Crippen LogP contribution in [-0.2, 0) is 11.3 Å². The van der Waals surface area contributed by atoms with Crippen LogP contribution in [0.3, 0.4) is 0 Å². The first-order valence-electron chi connectivity index (χ1n) is 8.00. The van der Waals surface area contributed by atoms with Crippen molar-refractivity contribution in [2.45, 2.75) is 19.5 Å². The number of methoxy groups -OCH3 is 1. The summed E-state index contributed by atoms with van der Waals surface area (Å²) in [5.74, 6) is 0. The van der Waals surface area contributed by atoms with Gasteiger partial charge < -0.3 is 14.5 Å². The van der Waals surface area contributed by atoms with E-state index >= 15 is 0 Å². The summed E-state index contributed by atoms with van der Waals surface area (Å²) >= 11 is 0. The molecule has 1 unspecified atom stereocenters. The highest BCUT2D eigenvalue weighted by Gasteiger charge is 2.40. The van der Waals surface area contributed by atoms with Gasteiger partial charge in [0.1, 0.15) is 0 Å². The van der Waals surface area contributed by atoms with Crippen LogP contribution >= 0.6 is 0 Å². The topological polar surface area (TPSA) is 36.0 Å². The smallest absolute Gasteiger partial charge is 0.320 e. The van der Waals surface area contributed by atoms with Crippen LogP contribution < -0.4 is 0 Å². The molecule has 2 aliphatic heterocycles. The fraction of sp³-hybridized carbons (Fsp3) is 0.588. The van der Waals surface area contributed by atoms with E-state index in [0.717, 1.165) is 32.7 Å². The molecule has 0 aliphatic carbocycles. The number of piperazine rings is 1. The number of fused-ring (bicyclic) bond motifs is 1. The zero-order valence-electron chi connectivity index (χ0n) is 13.5. The van der Waals surface area contributed by atoms with E-state index < -0.39 is 0 Å². The van der Waals surface area contributed by atoms with E-state index in [1.54, 1.807) is 7.11 Å². The van der Waals surface area contributed by atoms with E-state index in [2.05, 4.69) is 36.1 Å². The largest absolute Gasteiger partial charge is 0.383 e. The van der Waals surface area contributed by atoms with Crippen LogP contribution in [0.15, 0.2) is 24.3 Å². The summed E-state index contributed by atoms with van der Waals surface area (Å²) in [6, 6.07) is 9.05. The van der Waals surface area contributed by atoms with Crippen LogP contribution in [-0.4, -0.2) is 73.2 Å². The first-order valence-corrected chi connectivity index (χ1v) is 8.00. The van der Waals surface area contributed by atoms with Crippen LogP contribution in [0.4, 0.5) is 4.79 Å². The van der Waals surface area contributed by atoms with Gasteiger partial charge >= 0.3 is 6.03 Å². The van der Waals surface area contributed by atoms with Crippen LogP contribution in [0.25, 0.3) is 0 Å². The Kier molecular flexibility index (Phi) is 4.64. The summed E-state index contributed by atoms with van der Waals surface area (Å²) in [7, 11) is 1.68. The monoisotopic (exact) mass is 303 g/mol. The maximum Gasteiger partial charge on any atom is 0.320 e. The van der Waals surface area contributed by atoms with E-state index in [1.165, 1.54) is 11.1 Å². The standard InChI is InChI=1S/C17H25N3O2/c1-14-5-3-4-6-15(14)11-18-7-8-20-16(12-18)13-19(17(20)21)9-10-22-2/h3-6,16H,7-13H2,1-2H3. The summed E-state index contributed by atoms with van der Waals surface area (Å²) in [5, 5.41) is 0. The van der Waals surface area contributed by atoms with Crippen LogP contribution in [0.1, 0.15) is 11.1 Å². The number of benzene rings is 1. The summed E-state index contributed by atoms with van der Waals surface area (Å²) < 4.78 is 5.10. The first kappa shape index (κ1) is 15.3. The zero-order valence-corrected chi connectivity index (χ0v) is 13.5. The fourth-order valence-electron chi connectivity index (χ4n) is 3.40. The van der Waals surface area contributed by atoms with Crippen molar-refractivity contribution in [2.24, 2.45) is 0 Å². The number of carbonyl (C=O) groups is 1. The second-order valence-electron chi connectivity index (χ2n) is 6.23. The highest BCUT2D eigenvalue weighted by atomic mass is 16.5. The number of rotatable bonds is 5. The lowest BCUT2D eigenvalue weighted by Gasteiger charge is -2.36. The van der Waals surface area contributed by atoms with Gasteiger partial charge in [0.2, 0.25) is 0 Å². The van der Waals surface area contributed by atoms with Crippen molar-refractivity contribution in [3.63, 3.8) is 0 Å². The number of nitrogens with zero attached hydrogens (tertiary/aromatic N) is 3. The molecule has 0 saturated carbocycles. The molecule has 2 fully saturated rings. The maximum atomic E-state index is 12.3. The third-order valence-corrected chi connectivity index (χ3v) is 4.73. The Labute approximate surface area is 132 Å². The molecule has 0 N–H and O–H groups in total. The van der Waals surface area contributed by atoms with Crippen molar-refractivity contribution in [2.75, 3.05) is 46.4 Å². The number of ether oxygens (including phenoxy) is 1. The average Bonchev–Trinajstić information content (AvgIpc) is 2.83. The number of carbonyl (C=O) groups excluding carboxylic acids is 1. The molecule has 1 aromatic rings. The van der Waals surface area contributed by atoms with Crippen LogP contribution in [0.5, 0.6) is 0 Å². The molecule has 0 bridgehead atoms. The Balaban J connectivity index is 1.60. The molecule has 2 heterocycles. The van der Waals surface area contributed by atoms with E-state index in [1.807, 2.05) is 9.80 Å². The van der Waals surface area contributed by atoms with Gasteiger partial charge in [-0.05, 0) is 18.1 Å². The Morgan fingerprint density at radius 1 is 1.23 bits per heavy atom. The Bertz CT molecular complexity index is 534. The SMILES string of the molecule is COCCN1CC2CN(Cc3ccccc3C)CCN2C1=O. The molecular formula is C17H25N3O2. The predicted molar refractivity (Wildman–Crippen MR) is 85.8 cm³/mol. The number of hydrogen-bond donors (Lipinski definition) is 0. The molecule has 1 atom stereocenters. The zero-order chi connectivity index (χ0) is 15.5. The lowest BCUT2D eigenvalue weighted by Crippen LogP contribution is -2.51. The van der Waals surface area contributed by atoms with Crippen molar-refractivity contribution in [1.82, 2.24) is 14.7 Å². The second-order valence-corrected chi connectivity index (χ2v) is 6.23. The number of amides is 2. The van der Waals surface area contributed by atoms with Gasteiger partial charge in [-0.2, -0.15) is 0 Å². The van der Waals surface area contributed by atoms with Gasteiger partial charge in [-0.1, -0.05) is 24.3 Å². The first-order chi connectivity index (χ1) is 10.7. The number of aryl methyl sites for hydroxylation is 1. The number of hydrogen-bond acceptors (Lipinski definition) is 3. The van der Waals surface area contributed by atoms with Gasteiger partial charge in [-0.25, -0.2) is 4.79 Å². The van der Waals surface area contributed by atoms with Crippen molar-refractivity contribution in [1.29, 1.82) is 0 Å². The molecule has 0 aromatic heterocycles. The normalized spacial score (nSPS) is 22.3. The van der Waals surface area contributed by atoms with Gasteiger partial charge in [0.25, 0.3) is 0 Å². The Hall–Kier alpha value is -1.59. The van der Waals surface area contributed by atoms with Gasteiger partial charge in [0.15, 0.2) is 0 Å². The minimum atomic E-state index is 0.178. The molecule has 120 valence electrons. The van der Waals surface area contributed by atoms with E-state index in [-0.39, 0.29) is 6.03 Å². The molecule has 5 heteroatoms. The van der Waals surface area contributed by atoms with Crippen LogP contribution in [0, 0.1) is 6.92 Å². The molecule has 5 nitrogen and oxygen atoms in total. The highest BCUT2D eigenvalue weighted by Crippen LogP contribution is 2.22. The van der Waals surface area contributed by atoms with Gasteiger partial charge in [-0.15, -0.1) is 0 Å². The molecule has 3 rings (SSSR count). The summed E-state index contributed by atoms with van der Waals surface area (Å²) in [6.45, 7) is 8.02.